The molecule has 0 aromatic heterocycles. The Labute approximate surface area is 74.1 Å². The van der Waals surface area contributed by atoms with Crippen molar-refractivity contribution in [1.82, 2.24) is 0 Å². The summed E-state index contributed by atoms with van der Waals surface area (Å²) in [7, 11) is 0. The van der Waals surface area contributed by atoms with E-state index in [1.165, 1.54) is 0 Å². The predicted octanol–water partition coefficient (Wildman–Crippen LogP) is -4.05. The first-order valence-corrected chi connectivity index (χ1v) is 3.56. The second kappa shape index (κ2) is 4.82. The molecule has 1 aliphatic rings. The van der Waals surface area contributed by atoms with E-state index < -0.39 is 37.3 Å². The monoisotopic (exact) mass is 198 g/mol. The zero-order valence-corrected chi connectivity index (χ0v) is 6.74. The fourth-order valence-corrected chi connectivity index (χ4v) is 1.08. The molecule has 1 aliphatic heterocycles. The smallest absolute Gasteiger partial charge is 0.184 e. The molecular weight excluding hydrogens is 184 g/mol. The number of ether oxygens (including phenoxy) is 1. The summed E-state index contributed by atoms with van der Waals surface area (Å²) in [5.74, 6) is 0. The molecule has 7 nitrogen and oxygen atoms in total. The van der Waals surface area contributed by atoms with Crippen LogP contribution in [0.5, 0.6) is 0 Å². The summed E-state index contributed by atoms with van der Waals surface area (Å²) in [6, 6.07) is 0. The van der Waals surface area contributed by atoms with Gasteiger partial charge >= 0.3 is 0 Å². The molecule has 0 aromatic rings. The van der Waals surface area contributed by atoms with E-state index in [1.54, 1.807) is 0 Å². The second-order valence-electron chi connectivity index (χ2n) is 2.72. The average Bonchev–Trinajstić information content (AvgIpc) is 2.08. The van der Waals surface area contributed by atoms with Crippen LogP contribution in [-0.4, -0.2) is 68.3 Å². The number of aliphatic hydroxyl groups excluding tert-OH is 5. The van der Waals surface area contributed by atoms with Gasteiger partial charge in [-0.1, -0.05) is 0 Å². The third kappa shape index (κ3) is 2.35. The van der Waals surface area contributed by atoms with Crippen LogP contribution in [0.15, 0.2) is 0 Å². The Balaban J connectivity index is 0.00000144. The van der Waals surface area contributed by atoms with Crippen molar-refractivity contribution in [3.8, 4) is 0 Å². The third-order valence-electron chi connectivity index (χ3n) is 1.87. The maximum absolute atomic E-state index is 9.12. The Hall–Kier alpha value is -0.280. The van der Waals surface area contributed by atoms with Crippen LogP contribution in [0.1, 0.15) is 0 Å². The van der Waals surface area contributed by atoms with E-state index in [-0.39, 0.29) is 5.48 Å². The van der Waals surface area contributed by atoms with E-state index in [9.17, 15) is 0 Å². The Morgan fingerprint density at radius 1 is 0.923 bits per heavy atom. The molecule has 1 rings (SSSR count). The maximum Gasteiger partial charge on any atom is 0.184 e. The quantitative estimate of drug-likeness (QED) is 0.290. The molecule has 1 saturated heterocycles. The van der Waals surface area contributed by atoms with Gasteiger partial charge in [0.15, 0.2) is 6.29 Å². The summed E-state index contributed by atoms with van der Waals surface area (Å²) in [6.45, 7) is -0.526. The van der Waals surface area contributed by atoms with Gasteiger partial charge in [0.05, 0.1) is 6.61 Å². The lowest BCUT2D eigenvalue weighted by Gasteiger charge is -2.37. The highest BCUT2D eigenvalue weighted by Gasteiger charge is 2.42. The van der Waals surface area contributed by atoms with Crippen LogP contribution in [0.3, 0.4) is 0 Å². The van der Waals surface area contributed by atoms with Crippen molar-refractivity contribution in [2.75, 3.05) is 6.61 Å². The Bertz CT molecular complexity index is 147. The number of aliphatic hydroxyl groups is 5. The lowest BCUT2D eigenvalue weighted by atomic mass is 10.00. The van der Waals surface area contributed by atoms with Gasteiger partial charge in [-0.15, -0.1) is 0 Å². The van der Waals surface area contributed by atoms with Crippen LogP contribution >= 0.6 is 0 Å². The molecule has 0 radical (unpaired) electrons. The van der Waals surface area contributed by atoms with Crippen molar-refractivity contribution in [1.29, 1.82) is 0 Å². The normalized spacial score (nSPS) is 45.5. The summed E-state index contributed by atoms with van der Waals surface area (Å²) in [4.78, 5) is 0. The molecule has 5 atom stereocenters. The lowest BCUT2D eigenvalue weighted by molar-refractivity contribution is -0.286. The Morgan fingerprint density at radius 2 is 1.46 bits per heavy atom. The second-order valence-corrected chi connectivity index (χ2v) is 2.72. The van der Waals surface area contributed by atoms with Crippen LogP contribution in [0.25, 0.3) is 0 Å². The van der Waals surface area contributed by atoms with E-state index in [1.807, 2.05) is 0 Å². The predicted molar refractivity (Wildman–Crippen MR) is 39.6 cm³/mol. The highest BCUT2D eigenvalue weighted by atomic mass is 16.6. The number of rotatable bonds is 1. The SMILES string of the molecule is O.OC[C@H]1O[C@H](O)[C@H](O)[C@H](O)[C@@H]1O. The first-order chi connectivity index (χ1) is 5.57. The molecule has 0 bridgehead atoms. The molecule has 0 spiro atoms. The zero-order valence-electron chi connectivity index (χ0n) is 6.74. The van der Waals surface area contributed by atoms with Crippen LogP contribution in [-0.2, 0) is 4.74 Å². The van der Waals surface area contributed by atoms with Crippen molar-refractivity contribution >= 4 is 0 Å². The zero-order chi connectivity index (χ0) is 9.30. The minimum Gasteiger partial charge on any atom is -0.412 e. The van der Waals surface area contributed by atoms with E-state index in [0.29, 0.717) is 0 Å². The molecule has 1 heterocycles. The number of hydrogen-bond acceptors (Lipinski definition) is 6. The topological polar surface area (TPSA) is 142 Å². The molecular formula is C6H14O7. The summed E-state index contributed by atoms with van der Waals surface area (Å²) < 4.78 is 4.58. The van der Waals surface area contributed by atoms with Crippen molar-refractivity contribution in [3.63, 3.8) is 0 Å². The first kappa shape index (κ1) is 12.7. The summed E-state index contributed by atoms with van der Waals surface area (Å²) in [5, 5.41) is 44.7. The Kier molecular flexibility index (Phi) is 4.71. The third-order valence-corrected chi connectivity index (χ3v) is 1.87. The van der Waals surface area contributed by atoms with E-state index in [4.69, 9.17) is 25.5 Å². The number of hydrogen-bond donors (Lipinski definition) is 5. The van der Waals surface area contributed by atoms with Gasteiger partial charge in [0.2, 0.25) is 0 Å². The Morgan fingerprint density at radius 3 is 1.92 bits per heavy atom. The van der Waals surface area contributed by atoms with Crippen LogP contribution in [0.4, 0.5) is 0 Å². The van der Waals surface area contributed by atoms with E-state index in [0.717, 1.165) is 0 Å². The summed E-state index contributed by atoms with van der Waals surface area (Å²) in [5.41, 5.74) is 0. The summed E-state index contributed by atoms with van der Waals surface area (Å²) in [6.07, 6.45) is -7.04. The van der Waals surface area contributed by atoms with Gasteiger partial charge in [-0.2, -0.15) is 0 Å². The van der Waals surface area contributed by atoms with E-state index >= 15 is 0 Å². The minimum atomic E-state index is -1.57. The van der Waals surface area contributed by atoms with Gasteiger partial charge in [0.1, 0.15) is 24.4 Å². The summed E-state index contributed by atoms with van der Waals surface area (Å²) >= 11 is 0. The minimum absolute atomic E-state index is 0. The molecule has 0 aliphatic carbocycles. The van der Waals surface area contributed by atoms with Gasteiger partial charge in [-0.25, -0.2) is 0 Å². The van der Waals surface area contributed by atoms with Crippen LogP contribution < -0.4 is 0 Å². The molecule has 1 fully saturated rings. The van der Waals surface area contributed by atoms with Gasteiger partial charge < -0.3 is 35.7 Å². The fourth-order valence-electron chi connectivity index (χ4n) is 1.08. The highest BCUT2D eigenvalue weighted by molar-refractivity contribution is 4.87. The molecule has 0 amide bonds. The molecule has 13 heavy (non-hydrogen) atoms. The molecule has 0 saturated carbocycles. The molecule has 0 unspecified atom stereocenters. The van der Waals surface area contributed by atoms with Crippen molar-refractivity contribution in [3.05, 3.63) is 0 Å². The van der Waals surface area contributed by atoms with Crippen LogP contribution in [0, 0.1) is 0 Å². The van der Waals surface area contributed by atoms with Crippen molar-refractivity contribution < 1.29 is 35.7 Å². The molecule has 0 aromatic carbocycles. The van der Waals surface area contributed by atoms with Gasteiger partial charge in [0, 0.05) is 0 Å². The average molecular weight is 198 g/mol. The first-order valence-electron chi connectivity index (χ1n) is 3.56. The van der Waals surface area contributed by atoms with E-state index in [2.05, 4.69) is 4.74 Å². The van der Waals surface area contributed by atoms with Crippen LogP contribution in [0.2, 0.25) is 0 Å². The van der Waals surface area contributed by atoms with Gasteiger partial charge in [-0.3, -0.25) is 0 Å². The highest BCUT2D eigenvalue weighted by Crippen LogP contribution is 2.18. The molecule has 7 heteroatoms. The fraction of sp³-hybridized carbons (Fsp3) is 1.00. The van der Waals surface area contributed by atoms with Crippen molar-refractivity contribution in [2.45, 2.75) is 30.7 Å². The lowest BCUT2D eigenvalue weighted by Crippen LogP contribution is -2.58. The standard InChI is InChI=1S/C6H12O6.H2O/c7-1-2-3(8)4(9)5(10)6(11)12-2;/h2-11H,1H2;1H2/t2-,3-,4-,5-,6+;/m1./s1. The van der Waals surface area contributed by atoms with Gasteiger partial charge in [0.25, 0.3) is 0 Å². The molecule has 7 N–H and O–H groups in total. The largest absolute Gasteiger partial charge is 0.412 e. The maximum atomic E-state index is 9.12. The molecule has 80 valence electrons. The van der Waals surface area contributed by atoms with Gasteiger partial charge in [-0.05, 0) is 0 Å². The van der Waals surface area contributed by atoms with Crippen molar-refractivity contribution in [2.24, 2.45) is 0 Å².